The maximum atomic E-state index is 12.0. The molecule has 1 fully saturated rings. The molecule has 3 heteroatoms. The van der Waals surface area contributed by atoms with Crippen LogP contribution < -0.4 is 0 Å². The largest absolute Gasteiger partial charge is 0.342 e. The van der Waals surface area contributed by atoms with Gasteiger partial charge in [0.15, 0.2) is 0 Å². The second-order valence-electron chi connectivity index (χ2n) is 5.16. The SMILES string of the molecule is CC(C)(C)C(=O)N1CCCC(CCl)C1. The van der Waals surface area contributed by atoms with Crippen molar-refractivity contribution < 1.29 is 4.79 Å². The van der Waals surface area contributed by atoms with Gasteiger partial charge in [0.05, 0.1) is 0 Å². The number of hydrogen-bond acceptors (Lipinski definition) is 1. The van der Waals surface area contributed by atoms with Gasteiger partial charge in [-0.3, -0.25) is 4.79 Å². The van der Waals surface area contributed by atoms with E-state index in [9.17, 15) is 4.79 Å². The number of amides is 1. The molecule has 1 atom stereocenters. The third-order valence-corrected chi connectivity index (χ3v) is 3.10. The number of carbonyl (C=O) groups excluding carboxylic acids is 1. The number of rotatable bonds is 1. The quantitative estimate of drug-likeness (QED) is 0.619. The average molecular weight is 218 g/mol. The summed E-state index contributed by atoms with van der Waals surface area (Å²) in [6.45, 7) is 7.67. The predicted octanol–water partition coefficient (Wildman–Crippen LogP) is 2.51. The smallest absolute Gasteiger partial charge is 0.227 e. The summed E-state index contributed by atoms with van der Waals surface area (Å²) in [5.74, 6) is 1.43. The molecule has 1 amide bonds. The zero-order valence-corrected chi connectivity index (χ0v) is 10.1. The second kappa shape index (κ2) is 4.52. The van der Waals surface area contributed by atoms with Crippen LogP contribution in [0.5, 0.6) is 0 Å². The van der Waals surface area contributed by atoms with Crippen molar-refractivity contribution in [2.24, 2.45) is 11.3 Å². The van der Waals surface area contributed by atoms with Crippen LogP contribution in [0, 0.1) is 11.3 Å². The molecule has 0 aromatic heterocycles. The van der Waals surface area contributed by atoms with Crippen LogP contribution in [-0.4, -0.2) is 29.8 Å². The molecule has 0 saturated carbocycles. The Hall–Kier alpha value is -0.240. The van der Waals surface area contributed by atoms with Crippen molar-refractivity contribution in [3.8, 4) is 0 Å². The molecule has 1 rings (SSSR count). The van der Waals surface area contributed by atoms with Crippen molar-refractivity contribution in [2.75, 3.05) is 19.0 Å². The molecule has 1 heterocycles. The molecule has 0 aliphatic carbocycles. The van der Waals surface area contributed by atoms with Crippen LogP contribution >= 0.6 is 11.6 Å². The lowest BCUT2D eigenvalue weighted by molar-refractivity contribution is -0.141. The summed E-state index contributed by atoms with van der Waals surface area (Å²) in [6.07, 6.45) is 2.26. The number of nitrogens with zero attached hydrogens (tertiary/aromatic N) is 1. The van der Waals surface area contributed by atoms with Gasteiger partial charge in [-0.05, 0) is 18.8 Å². The second-order valence-corrected chi connectivity index (χ2v) is 5.47. The van der Waals surface area contributed by atoms with Crippen LogP contribution in [-0.2, 0) is 4.79 Å². The number of carbonyl (C=O) groups is 1. The van der Waals surface area contributed by atoms with E-state index in [-0.39, 0.29) is 11.3 Å². The molecule has 1 aliphatic heterocycles. The van der Waals surface area contributed by atoms with Gasteiger partial charge < -0.3 is 4.90 Å². The fraction of sp³-hybridized carbons (Fsp3) is 0.909. The van der Waals surface area contributed by atoms with Gasteiger partial charge in [0.2, 0.25) is 5.91 Å². The third kappa shape index (κ3) is 2.88. The van der Waals surface area contributed by atoms with Gasteiger partial charge in [0, 0.05) is 24.4 Å². The van der Waals surface area contributed by atoms with E-state index in [1.807, 2.05) is 25.7 Å². The Morgan fingerprint density at radius 1 is 1.50 bits per heavy atom. The molecule has 14 heavy (non-hydrogen) atoms. The van der Waals surface area contributed by atoms with E-state index in [0.29, 0.717) is 11.8 Å². The van der Waals surface area contributed by atoms with Crippen LogP contribution in [0.15, 0.2) is 0 Å². The molecule has 1 unspecified atom stereocenters. The van der Waals surface area contributed by atoms with Crippen LogP contribution in [0.1, 0.15) is 33.6 Å². The highest BCUT2D eigenvalue weighted by Gasteiger charge is 2.30. The van der Waals surface area contributed by atoms with E-state index in [4.69, 9.17) is 11.6 Å². The summed E-state index contributed by atoms with van der Waals surface area (Å²) in [5, 5.41) is 0. The highest BCUT2D eigenvalue weighted by atomic mass is 35.5. The molecule has 2 nitrogen and oxygen atoms in total. The minimum atomic E-state index is -0.256. The van der Waals surface area contributed by atoms with Gasteiger partial charge in [-0.25, -0.2) is 0 Å². The van der Waals surface area contributed by atoms with Crippen LogP contribution in [0.3, 0.4) is 0 Å². The summed E-state index contributed by atoms with van der Waals surface area (Å²) in [4.78, 5) is 13.9. The molecule has 0 radical (unpaired) electrons. The summed E-state index contributed by atoms with van der Waals surface area (Å²) in [5.41, 5.74) is -0.256. The van der Waals surface area contributed by atoms with Crippen molar-refractivity contribution in [3.63, 3.8) is 0 Å². The number of hydrogen-bond donors (Lipinski definition) is 0. The summed E-state index contributed by atoms with van der Waals surface area (Å²) >= 11 is 5.83. The number of likely N-dealkylation sites (tertiary alicyclic amines) is 1. The Morgan fingerprint density at radius 2 is 2.14 bits per heavy atom. The Balaban J connectivity index is 2.56. The van der Waals surface area contributed by atoms with Crippen molar-refractivity contribution in [3.05, 3.63) is 0 Å². The molecule has 1 aliphatic rings. The Bertz CT molecular complexity index is 210. The normalized spacial score (nSPS) is 23.7. The van der Waals surface area contributed by atoms with Gasteiger partial charge in [0.1, 0.15) is 0 Å². The van der Waals surface area contributed by atoms with E-state index in [1.165, 1.54) is 0 Å². The molecule has 1 saturated heterocycles. The maximum absolute atomic E-state index is 12.0. The molecule has 0 aromatic carbocycles. The Morgan fingerprint density at radius 3 is 2.64 bits per heavy atom. The highest BCUT2D eigenvalue weighted by molar-refractivity contribution is 6.18. The van der Waals surface area contributed by atoms with E-state index < -0.39 is 0 Å². The molecule has 82 valence electrons. The van der Waals surface area contributed by atoms with E-state index >= 15 is 0 Å². The molecule has 0 N–H and O–H groups in total. The van der Waals surface area contributed by atoms with Gasteiger partial charge in [-0.1, -0.05) is 20.8 Å². The van der Waals surface area contributed by atoms with Gasteiger partial charge in [-0.15, -0.1) is 11.6 Å². The first-order valence-corrected chi connectivity index (χ1v) is 5.84. The molecular formula is C11H20ClNO. The lowest BCUT2D eigenvalue weighted by atomic mass is 9.92. The van der Waals surface area contributed by atoms with Gasteiger partial charge in [-0.2, -0.15) is 0 Å². The Kier molecular flexibility index (Phi) is 3.82. The number of piperidine rings is 1. The van der Waals surface area contributed by atoms with Crippen LogP contribution in [0.4, 0.5) is 0 Å². The minimum Gasteiger partial charge on any atom is -0.342 e. The summed E-state index contributed by atoms with van der Waals surface area (Å²) in [6, 6.07) is 0. The first kappa shape index (κ1) is 11.8. The van der Waals surface area contributed by atoms with E-state index in [0.717, 1.165) is 25.9 Å². The van der Waals surface area contributed by atoms with Gasteiger partial charge in [0.25, 0.3) is 0 Å². The minimum absolute atomic E-state index is 0.256. The lowest BCUT2D eigenvalue weighted by Gasteiger charge is -2.35. The van der Waals surface area contributed by atoms with Crippen molar-refractivity contribution in [1.29, 1.82) is 0 Å². The first-order chi connectivity index (χ1) is 6.45. The molecular weight excluding hydrogens is 198 g/mol. The van der Waals surface area contributed by atoms with E-state index in [1.54, 1.807) is 0 Å². The molecule has 0 aromatic rings. The first-order valence-electron chi connectivity index (χ1n) is 5.30. The zero-order valence-electron chi connectivity index (χ0n) is 9.35. The average Bonchev–Trinajstić information content (AvgIpc) is 2.15. The monoisotopic (exact) mass is 217 g/mol. The fourth-order valence-electron chi connectivity index (χ4n) is 1.85. The van der Waals surface area contributed by atoms with Crippen LogP contribution in [0.2, 0.25) is 0 Å². The topological polar surface area (TPSA) is 20.3 Å². The maximum Gasteiger partial charge on any atom is 0.227 e. The van der Waals surface area contributed by atoms with Crippen LogP contribution in [0.25, 0.3) is 0 Å². The number of alkyl halides is 1. The fourth-order valence-corrected chi connectivity index (χ4v) is 2.10. The summed E-state index contributed by atoms with van der Waals surface area (Å²) < 4.78 is 0. The zero-order chi connectivity index (χ0) is 10.8. The van der Waals surface area contributed by atoms with E-state index in [2.05, 4.69) is 0 Å². The Labute approximate surface area is 91.6 Å². The highest BCUT2D eigenvalue weighted by Crippen LogP contribution is 2.23. The van der Waals surface area contributed by atoms with Crippen molar-refractivity contribution >= 4 is 17.5 Å². The standard InChI is InChI=1S/C11H20ClNO/c1-11(2,3)10(14)13-6-4-5-9(7-12)8-13/h9H,4-8H2,1-3H3. The molecule has 0 spiro atoms. The van der Waals surface area contributed by atoms with Gasteiger partial charge >= 0.3 is 0 Å². The number of halogens is 1. The summed E-state index contributed by atoms with van der Waals surface area (Å²) in [7, 11) is 0. The lowest BCUT2D eigenvalue weighted by Crippen LogP contribution is -2.45. The third-order valence-electron chi connectivity index (χ3n) is 2.67. The predicted molar refractivity (Wildman–Crippen MR) is 59.5 cm³/mol. The molecule has 0 bridgehead atoms. The van der Waals surface area contributed by atoms with Crippen molar-refractivity contribution in [1.82, 2.24) is 4.90 Å². The van der Waals surface area contributed by atoms with Crippen molar-refractivity contribution in [2.45, 2.75) is 33.6 Å².